The lowest BCUT2D eigenvalue weighted by Gasteiger charge is -2.22. The molecule has 1 heterocycles. The number of hydrogen-bond donors (Lipinski definition) is 0. The molecule has 13 heteroatoms. The SMILES string of the molecule is CCCCCCCCCCCCCCCCOCC(COC(=O)CCCCCCCCCCCCCCC)OC(=O)CC(C)CCCCCCC(=O)OC(C)Oc1c(C/C=C(\C)CCC(=O)OC)c(OC)c(C)c2c1C(=O)OC2. The molecule has 0 spiro atoms. The first-order valence-electron chi connectivity index (χ1n) is 31.8. The van der Waals surface area contributed by atoms with E-state index < -0.39 is 24.3 Å². The van der Waals surface area contributed by atoms with Gasteiger partial charge in [-0.05, 0) is 57.4 Å². The minimum absolute atomic E-state index is 0.000000440. The van der Waals surface area contributed by atoms with E-state index >= 15 is 0 Å². The van der Waals surface area contributed by atoms with Crippen LogP contribution >= 0.6 is 0 Å². The molecule has 0 saturated heterocycles. The fourth-order valence-electron chi connectivity index (χ4n) is 10.4. The summed E-state index contributed by atoms with van der Waals surface area (Å²) in [6.45, 7) is 12.9. The van der Waals surface area contributed by atoms with Crippen LogP contribution in [0.15, 0.2) is 11.6 Å². The Bertz CT molecular complexity index is 1840. The van der Waals surface area contributed by atoms with Crippen LogP contribution in [0.5, 0.6) is 11.5 Å². The van der Waals surface area contributed by atoms with Gasteiger partial charge in [0, 0.05) is 50.3 Å². The molecule has 1 aromatic rings. The number of ether oxygens (including phenoxy) is 8. The van der Waals surface area contributed by atoms with Crippen LogP contribution in [0.4, 0.5) is 0 Å². The number of allylic oxidation sites excluding steroid dienone is 2. The van der Waals surface area contributed by atoms with Crippen molar-refractivity contribution in [3.8, 4) is 11.5 Å². The van der Waals surface area contributed by atoms with E-state index in [0.29, 0.717) is 54.7 Å². The van der Waals surface area contributed by atoms with Gasteiger partial charge in [-0.3, -0.25) is 19.2 Å². The van der Waals surface area contributed by atoms with Gasteiger partial charge in [0.25, 0.3) is 0 Å². The summed E-state index contributed by atoms with van der Waals surface area (Å²) < 4.78 is 45.5. The van der Waals surface area contributed by atoms with Gasteiger partial charge >= 0.3 is 29.8 Å². The predicted molar refractivity (Wildman–Crippen MR) is 316 cm³/mol. The van der Waals surface area contributed by atoms with E-state index in [1.54, 1.807) is 14.0 Å². The van der Waals surface area contributed by atoms with Gasteiger partial charge in [-0.15, -0.1) is 0 Å². The average Bonchev–Trinajstić information content (AvgIpc) is 4.06. The van der Waals surface area contributed by atoms with Gasteiger partial charge in [0.2, 0.25) is 6.29 Å². The normalized spacial score (nSPS) is 13.4. The Morgan fingerprint density at radius 1 is 0.570 bits per heavy atom. The number of methoxy groups -OCH3 is 2. The fraction of sp³-hybridized carbons (Fsp3) is 0.803. The largest absolute Gasteiger partial charge is 0.496 e. The molecule has 0 bridgehead atoms. The Kier molecular flexibility index (Phi) is 41.8. The summed E-state index contributed by atoms with van der Waals surface area (Å²) in [5.74, 6) is -0.882. The predicted octanol–water partition coefficient (Wildman–Crippen LogP) is 17.2. The molecule has 0 amide bonds. The number of rotatable bonds is 52. The van der Waals surface area contributed by atoms with Gasteiger partial charge < -0.3 is 37.9 Å². The molecule has 1 aliphatic heterocycles. The summed E-state index contributed by atoms with van der Waals surface area (Å²) in [7, 11) is 2.92. The molecule has 0 aromatic heterocycles. The van der Waals surface area contributed by atoms with Gasteiger partial charge in [-0.25, -0.2) is 4.79 Å². The Balaban J connectivity index is 1.77. The summed E-state index contributed by atoms with van der Waals surface area (Å²) in [4.78, 5) is 63.7. The lowest BCUT2D eigenvalue weighted by atomic mass is 9.94. The van der Waals surface area contributed by atoms with Crippen LogP contribution in [0.2, 0.25) is 0 Å². The van der Waals surface area contributed by atoms with Gasteiger partial charge in [0.1, 0.15) is 30.3 Å². The molecule has 3 atom stereocenters. The topological polar surface area (TPSA) is 159 Å². The number of hydrogen-bond acceptors (Lipinski definition) is 13. The summed E-state index contributed by atoms with van der Waals surface area (Å²) in [5.41, 5.74) is 3.32. The molecule has 0 fully saturated rings. The zero-order valence-electron chi connectivity index (χ0n) is 51.3. The van der Waals surface area contributed by atoms with Crippen molar-refractivity contribution >= 4 is 29.8 Å². The van der Waals surface area contributed by atoms with Crippen LogP contribution in [0, 0.1) is 12.8 Å². The van der Waals surface area contributed by atoms with Crippen LogP contribution in [-0.2, 0) is 60.6 Å². The minimum atomic E-state index is -0.998. The molecule has 3 unspecified atom stereocenters. The molecule has 1 aromatic carbocycles. The van der Waals surface area contributed by atoms with Crippen LogP contribution in [0.25, 0.3) is 0 Å². The first-order chi connectivity index (χ1) is 38.3. The third-order valence-corrected chi connectivity index (χ3v) is 15.3. The molecule has 454 valence electrons. The van der Waals surface area contributed by atoms with Gasteiger partial charge in [0.05, 0.1) is 20.8 Å². The van der Waals surface area contributed by atoms with Crippen molar-refractivity contribution in [1.29, 1.82) is 0 Å². The quantitative estimate of drug-likeness (QED) is 0.0200. The molecular weight excluding hydrogens is 1000 g/mol. The number of esters is 5. The first-order valence-corrected chi connectivity index (χ1v) is 31.8. The summed E-state index contributed by atoms with van der Waals surface area (Å²) in [6, 6.07) is 0. The van der Waals surface area contributed by atoms with E-state index in [1.165, 1.54) is 148 Å². The highest BCUT2D eigenvalue weighted by Crippen LogP contribution is 2.43. The van der Waals surface area contributed by atoms with Crippen molar-refractivity contribution < 1.29 is 61.9 Å². The smallest absolute Gasteiger partial charge is 0.342 e. The molecule has 13 nitrogen and oxygen atoms in total. The van der Waals surface area contributed by atoms with E-state index in [0.717, 1.165) is 68.9 Å². The van der Waals surface area contributed by atoms with Crippen molar-refractivity contribution in [3.05, 3.63) is 33.9 Å². The van der Waals surface area contributed by atoms with Gasteiger partial charge in [-0.2, -0.15) is 0 Å². The van der Waals surface area contributed by atoms with E-state index in [9.17, 15) is 24.0 Å². The van der Waals surface area contributed by atoms with Crippen LogP contribution in [0.3, 0.4) is 0 Å². The molecule has 79 heavy (non-hydrogen) atoms. The van der Waals surface area contributed by atoms with E-state index in [2.05, 4.69) is 13.8 Å². The zero-order valence-corrected chi connectivity index (χ0v) is 51.3. The summed E-state index contributed by atoms with van der Waals surface area (Å²) in [5, 5.41) is 0. The second-order valence-electron chi connectivity index (χ2n) is 22.6. The Morgan fingerprint density at radius 2 is 1.08 bits per heavy atom. The maximum atomic E-state index is 13.2. The third kappa shape index (κ3) is 34.0. The monoisotopic (exact) mass is 1110 g/mol. The highest BCUT2D eigenvalue weighted by molar-refractivity contribution is 5.98. The number of carbonyl (C=O) groups is 5. The van der Waals surface area contributed by atoms with Crippen LogP contribution in [0.1, 0.15) is 299 Å². The molecule has 0 radical (unpaired) electrons. The maximum absolute atomic E-state index is 13.2. The van der Waals surface area contributed by atoms with E-state index in [4.69, 9.17) is 37.9 Å². The van der Waals surface area contributed by atoms with Gasteiger partial charge in [-0.1, -0.05) is 219 Å². The lowest BCUT2D eigenvalue weighted by molar-refractivity contribution is -0.163. The molecule has 2 rings (SSSR count). The number of cyclic esters (lactones) is 1. The number of benzene rings is 1. The van der Waals surface area contributed by atoms with E-state index in [-0.39, 0.29) is 68.7 Å². The Labute approximate surface area is 479 Å². The number of carbonyl (C=O) groups excluding carboxylic acids is 5. The van der Waals surface area contributed by atoms with Gasteiger partial charge in [0.15, 0.2) is 6.10 Å². The van der Waals surface area contributed by atoms with Crippen molar-refractivity contribution in [3.63, 3.8) is 0 Å². The molecular formula is C66H112O13. The fourth-order valence-corrected chi connectivity index (χ4v) is 10.4. The Morgan fingerprint density at radius 3 is 1.61 bits per heavy atom. The maximum Gasteiger partial charge on any atom is 0.342 e. The summed E-state index contributed by atoms with van der Waals surface area (Å²) in [6.07, 6.45) is 40.5. The van der Waals surface area contributed by atoms with Crippen LogP contribution in [-0.4, -0.2) is 76.3 Å². The second-order valence-corrected chi connectivity index (χ2v) is 22.6. The minimum Gasteiger partial charge on any atom is -0.496 e. The van der Waals surface area contributed by atoms with E-state index in [1.807, 2.05) is 26.8 Å². The molecule has 1 aliphatic rings. The lowest BCUT2D eigenvalue weighted by Crippen LogP contribution is -2.30. The summed E-state index contributed by atoms with van der Waals surface area (Å²) >= 11 is 0. The standard InChI is InChI=1S/C66H112O13/c1-9-11-13-15-17-19-21-23-25-27-29-31-35-39-47-74-49-56(50-75-60(68)41-37-32-30-28-26-24-22-20-18-16-14-12-10-2)79-62(70)48-53(4)40-36-33-34-38-42-61(69)77-55(6)78-65-57(45-43-52(3)44-46-59(67)72-7)64(73-8)54(5)58-51-76-66(71)63(58)65/h43,53,55-56H,9-42,44-51H2,1-8H3/b52-43+. The first kappa shape index (κ1) is 71.0. The highest BCUT2D eigenvalue weighted by atomic mass is 16.7. The number of unbranched alkanes of at least 4 members (excludes halogenated alkanes) is 28. The van der Waals surface area contributed by atoms with Crippen LogP contribution < -0.4 is 9.47 Å². The third-order valence-electron chi connectivity index (χ3n) is 15.3. The van der Waals surface area contributed by atoms with Crippen molar-refractivity contribution in [2.24, 2.45) is 5.92 Å². The van der Waals surface area contributed by atoms with Crippen molar-refractivity contribution in [2.75, 3.05) is 34.0 Å². The number of fused-ring (bicyclic) bond motifs is 1. The average molecular weight is 1110 g/mol. The second kappa shape index (κ2) is 46.5. The van der Waals surface area contributed by atoms with Crippen molar-refractivity contribution in [2.45, 2.75) is 305 Å². The van der Waals surface area contributed by atoms with Crippen molar-refractivity contribution in [1.82, 2.24) is 0 Å². The molecule has 0 aliphatic carbocycles. The highest BCUT2D eigenvalue weighted by Gasteiger charge is 2.34. The Hall–Kier alpha value is -4.13. The molecule has 0 saturated carbocycles. The molecule has 0 N–H and O–H groups in total. The zero-order chi connectivity index (χ0) is 57.7.